The van der Waals surface area contributed by atoms with Crippen LogP contribution in [0.25, 0.3) is 16.5 Å². The largest absolute Gasteiger partial charge is 0.573 e. The summed E-state index contributed by atoms with van der Waals surface area (Å²) in [6.07, 6.45) is -4.92. The zero-order valence-electron chi connectivity index (χ0n) is 19.7. The van der Waals surface area contributed by atoms with Gasteiger partial charge in [-0.05, 0) is 55.5 Å². The molecule has 0 spiro atoms. The lowest BCUT2D eigenvalue weighted by Crippen LogP contribution is -2.25. The molecule has 0 aliphatic heterocycles. The fourth-order valence-corrected chi connectivity index (χ4v) is 4.87. The first-order valence-corrected chi connectivity index (χ1v) is 13.2. The highest BCUT2D eigenvalue weighted by Gasteiger charge is 2.31. The van der Waals surface area contributed by atoms with E-state index in [2.05, 4.69) is 15.2 Å². The summed E-state index contributed by atoms with van der Waals surface area (Å²) in [7, 11) is -3.98. The van der Waals surface area contributed by atoms with Crippen molar-refractivity contribution >= 4 is 49.0 Å². The topological polar surface area (TPSA) is 160 Å². The minimum Gasteiger partial charge on any atom is -0.461 e. The highest BCUT2D eigenvalue weighted by atomic mass is 32.2. The fourth-order valence-electron chi connectivity index (χ4n) is 3.43. The fraction of sp³-hybridized carbons (Fsp3) is 0.130. The van der Waals surface area contributed by atoms with E-state index in [0.717, 1.165) is 52.4 Å². The summed E-state index contributed by atoms with van der Waals surface area (Å²) in [5.41, 5.74) is -1.01. The van der Waals surface area contributed by atoms with Gasteiger partial charge in [-0.2, -0.15) is 9.78 Å². The van der Waals surface area contributed by atoms with E-state index in [-0.39, 0.29) is 44.2 Å². The number of amides is 1. The number of primary sulfonamides is 1. The quantitative estimate of drug-likeness (QED) is 0.314. The Hall–Kier alpha value is -4.28. The third kappa shape index (κ3) is 6.08. The number of nitrogens with one attached hydrogen (secondary N) is 1. The van der Waals surface area contributed by atoms with Gasteiger partial charge in [-0.15, -0.1) is 24.5 Å². The van der Waals surface area contributed by atoms with Crippen molar-refractivity contribution in [2.24, 2.45) is 5.14 Å². The summed E-state index contributed by atoms with van der Waals surface area (Å²) >= 11 is 0.916. The summed E-state index contributed by atoms with van der Waals surface area (Å²) in [4.78, 5) is 38.7. The number of benzene rings is 2. The molecule has 0 saturated heterocycles. The van der Waals surface area contributed by atoms with E-state index in [1.54, 1.807) is 6.92 Å². The number of carbonyl (C=O) groups is 2. The minimum atomic E-state index is -4.92. The standard InChI is InChI=1S/C23H17F3N4O7S2/c1-2-36-22(33)18-16-11-38-20(28-19(31)12-3-9-15(10-4-12)39(27,34)35)17(16)21(32)30(29-18)13-5-7-14(8-6-13)37-23(24,25)26/h3-11H,2H2,1H3,(H,28,31)(H2,27,34,35). The smallest absolute Gasteiger partial charge is 0.461 e. The number of anilines is 1. The van der Waals surface area contributed by atoms with Gasteiger partial charge in [0.15, 0.2) is 5.69 Å². The molecule has 11 nitrogen and oxygen atoms in total. The van der Waals surface area contributed by atoms with Crippen LogP contribution in [-0.2, 0) is 14.8 Å². The maximum absolute atomic E-state index is 13.4. The molecular weight excluding hydrogens is 565 g/mol. The average Bonchev–Trinajstić information content (AvgIpc) is 3.27. The molecule has 4 rings (SSSR count). The van der Waals surface area contributed by atoms with Crippen molar-refractivity contribution in [2.75, 3.05) is 11.9 Å². The number of ether oxygens (including phenoxy) is 2. The van der Waals surface area contributed by atoms with Crippen molar-refractivity contribution in [3.63, 3.8) is 0 Å². The number of aromatic nitrogens is 2. The highest BCUT2D eigenvalue weighted by Crippen LogP contribution is 2.31. The molecule has 3 N–H and O–H groups in total. The maximum Gasteiger partial charge on any atom is 0.573 e. The second kappa shape index (κ2) is 10.5. The Kier molecular flexibility index (Phi) is 7.45. The summed E-state index contributed by atoms with van der Waals surface area (Å²) in [6.45, 7) is 1.55. The Morgan fingerprint density at radius 2 is 1.74 bits per heavy atom. The van der Waals surface area contributed by atoms with Gasteiger partial charge in [-0.3, -0.25) is 9.59 Å². The summed E-state index contributed by atoms with van der Waals surface area (Å²) in [6, 6.07) is 8.91. The monoisotopic (exact) mass is 582 g/mol. The number of hydrogen-bond donors (Lipinski definition) is 2. The van der Waals surface area contributed by atoms with Crippen LogP contribution < -0.4 is 20.8 Å². The van der Waals surface area contributed by atoms with E-state index < -0.39 is 39.6 Å². The maximum atomic E-state index is 13.4. The van der Waals surface area contributed by atoms with E-state index in [4.69, 9.17) is 9.88 Å². The first-order chi connectivity index (χ1) is 18.3. The Morgan fingerprint density at radius 3 is 2.31 bits per heavy atom. The van der Waals surface area contributed by atoms with Gasteiger partial charge in [0.25, 0.3) is 11.5 Å². The van der Waals surface area contributed by atoms with Crippen molar-refractivity contribution in [3.05, 3.63) is 75.5 Å². The highest BCUT2D eigenvalue weighted by molar-refractivity contribution is 7.89. The molecule has 0 aliphatic rings. The van der Waals surface area contributed by atoms with Gasteiger partial charge in [-0.25, -0.2) is 18.4 Å². The molecule has 0 radical (unpaired) electrons. The van der Waals surface area contributed by atoms with Gasteiger partial charge in [0.1, 0.15) is 10.8 Å². The first kappa shape index (κ1) is 27.7. The predicted octanol–water partition coefficient (Wildman–Crippen LogP) is 3.42. The van der Waals surface area contributed by atoms with Gasteiger partial charge in [0, 0.05) is 16.3 Å². The van der Waals surface area contributed by atoms with Crippen molar-refractivity contribution in [2.45, 2.75) is 18.2 Å². The van der Waals surface area contributed by atoms with E-state index >= 15 is 0 Å². The molecule has 0 aliphatic carbocycles. The van der Waals surface area contributed by atoms with Crippen molar-refractivity contribution in [3.8, 4) is 11.4 Å². The molecule has 39 heavy (non-hydrogen) atoms. The van der Waals surface area contributed by atoms with Crippen LogP contribution in [0.2, 0.25) is 0 Å². The zero-order chi connectivity index (χ0) is 28.5. The molecular formula is C23H17F3N4O7S2. The van der Waals surface area contributed by atoms with Gasteiger partial charge >= 0.3 is 12.3 Å². The first-order valence-electron chi connectivity index (χ1n) is 10.8. The number of fused-ring (bicyclic) bond motifs is 1. The van der Waals surface area contributed by atoms with E-state index in [9.17, 15) is 36.0 Å². The second-order valence-electron chi connectivity index (χ2n) is 7.70. The molecule has 0 fully saturated rings. The number of carbonyl (C=O) groups excluding carboxylic acids is 2. The lowest BCUT2D eigenvalue weighted by Gasteiger charge is -2.12. The van der Waals surface area contributed by atoms with Crippen molar-refractivity contribution < 1.29 is 40.7 Å². The van der Waals surface area contributed by atoms with Crippen LogP contribution in [0.1, 0.15) is 27.8 Å². The molecule has 204 valence electrons. The van der Waals surface area contributed by atoms with Gasteiger partial charge < -0.3 is 14.8 Å². The summed E-state index contributed by atoms with van der Waals surface area (Å²) in [5, 5.41) is 13.1. The summed E-state index contributed by atoms with van der Waals surface area (Å²) in [5.74, 6) is -2.11. The summed E-state index contributed by atoms with van der Waals surface area (Å²) < 4.78 is 70.1. The van der Waals surface area contributed by atoms with Crippen molar-refractivity contribution in [1.82, 2.24) is 9.78 Å². The van der Waals surface area contributed by atoms with Crippen LogP contribution in [0.4, 0.5) is 18.2 Å². The molecule has 0 unspecified atom stereocenters. The number of thiophene rings is 1. The number of nitrogens with two attached hydrogens (primary N) is 1. The van der Waals surface area contributed by atoms with Crippen LogP contribution in [0, 0.1) is 0 Å². The Balaban J connectivity index is 1.78. The Bertz CT molecular complexity index is 1730. The number of halogens is 3. The molecule has 1 amide bonds. The number of alkyl halides is 3. The van der Waals surface area contributed by atoms with Gasteiger partial charge in [-0.1, -0.05) is 0 Å². The van der Waals surface area contributed by atoms with E-state index in [1.165, 1.54) is 17.5 Å². The van der Waals surface area contributed by atoms with Crippen LogP contribution in [0.5, 0.6) is 5.75 Å². The Morgan fingerprint density at radius 1 is 1.10 bits per heavy atom. The minimum absolute atomic E-state index is 0.00373. The molecule has 2 heterocycles. The van der Waals surface area contributed by atoms with Gasteiger partial charge in [0.2, 0.25) is 10.0 Å². The normalized spacial score (nSPS) is 11.8. The number of esters is 1. The predicted molar refractivity (Wildman–Crippen MR) is 134 cm³/mol. The number of rotatable bonds is 7. The Labute approximate surface area is 221 Å². The number of sulfonamides is 1. The van der Waals surface area contributed by atoms with E-state index in [1.807, 2.05) is 0 Å². The third-order valence-electron chi connectivity index (χ3n) is 5.11. The zero-order valence-corrected chi connectivity index (χ0v) is 21.3. The number of hydrogen-bond acceptors (Lipinski definition) is 9. The molecule has 0 bridgehead atoms. The third-order valence-corrected chi connectivity index (χ3v) is 6.93. The molecule has 0 saturated carbocycles. The molecule has 0 atom stereocenters. The second-order valence-corrected chi connectivity index (χ2v) is 10.1. The number of nitrogens with zero attached hydrogens (tertiary/aromatic N) is 2. The lowest BCUT2D eigenvalue weighted by atomic mass is 10.2. The average molecular weight is 583 g/mol. The molecule has 2 aromatic heterocycles. The molecule has 4 aromatic rings. The lowest BCUT2D eigenvalue weighted by molar-refractivity contribution is -0.274. The van der Waals surface area contributed by atoms with Crippen LogP contribution in [-0.4, -0.2) is 43.0 Å². The van der Waals surface area contributed by atoms with Crippen LogP contribution in [0.3, 0.4) is 0 Å². The molecule has 2 aromatic carbocycles. The van der Waals surface area contributed by atoms with Crippen molar-refractivity contribution in [1.29, 1.82) is 0 Å². The molecule has 16 heteroatoms. The van der Waals surface area contributed by atoms with Gasteiger partial charge in [0.05, 0.1) is 22.6 Å². The van der Waals surface area contributed by atoms with Crippen LogP contribution >= 0.6 is 11.3 Å². The van der Waals surface area contributed by atoms with Crippen LogP contribution in [0.15, 0.2) is 63.6 Å². The van der Waals surface area contributed by atoms with E-state index in [0.29, 0.717) is 0 Å². The SMILES string of the molecule is CCOC(=O)c1nn(-c2ccc(OC(F)(F)F)cc2)c(=O)c2c(NC(=O)c3ccc(S(N)(=O)=O)cc3)scc12.